The van der Waals surface area contributed by atoms with Crippen molar-refractivity contribution in [3.8, 4) is 0 Å². The molecule has 2 heterocycles. The molecule has 0 fully saturated rings. The molecule has 0 amide bonds. The van der Waals surface area contributed by atoms with Crippen LogP contribution < -0.4 is 5.73 Å². The van der Waals surface area contributed by atoms with Crippen LogP contribution in [-0.2, 0) is 13.0 Å². The van der Waals surface area contributed by atoms with Crippen LogP contribution in [0.25, 0.3) is 0 Å². The van der Waals surface area contributed by atoms with Gasteiger partial charge in [-0.1, -0.05) is 0 Å². The fourth-order valence-electron chi connectivity index (χ4n) is 1.03. The van der Waals surface area contributed by atoms with Gasteiger partial charge in [0.2, 0.25) is 0 Å². The summed E-state index contributed by atoms with van der Waals surface area (Å²) >= 11 is 0. The van der Waals surface area contributed by atoms with Crippen LogP contribution in [-0.4, -0.2) is 26.2 Å². The molecule has 0 bridgehead atoms. The Morgan fingerprint density at radius 2 is 2.56 bits per heavy atom. The Hall–Kier alpha value is -0.970. The minimum atomic E-state index is 0.197. The smallest absolute Gasteiger partial charge is 0.152 e. The van der Waals surface area contributed by atoms with Crippen molar-refractivity contribution in [1.29, 1.82) is 0 Å². The third-order valence-electron chi connectivity index (χ3n) is 1.46. The average molecular weight is 125 g/mol. The molecular weight excluding hydrogens is 118 g/mol. The number of nitrogens with two attached hydrogens (primary N) is 1. The summed E-state index contributed by atoms with van der Waals surface area (Å²) in [4.78, 5) is 0. The SMILES string of the molecule is NC1Cc2nnnn2C1. The Labute approximate surface area is 51.8 Å². The molecule has 1 aromatic rings. The largest absolute Gasteiger partial charge is 0.326 e. The van der Waals surface area contributed by atoms with Crippen molar-refractivity contribution in [2.45, 2.75) is 19.0 Å². The van der Waals surface area contributed by atoms with Gasteiger partial charge in [-0.2, -0.15) is 0 Å². The molecule has 0 aromatic carbocycles. The van der Waals surface area contributed by atoms with Gasteiger partial charge >= 0.3 is 0 Å². The number of rotatable bonds is 0. The molecule has 0 aliphatic carbocycles. The highest BCUT2D eigenvalue weighted by Crippen LogP contribution is 2.06. The zero-order chi connectivity index (χ0) is 6.27. The average Bonchev–Trinajstić information content (AvgIpc) is 2.22. The normalized spacial score (nSPS) is 24.3. The van der Waals surface area contributed by atoms with Gasteiger partial charge in [0, 0.05) is 12.5 Å². The second-order valence-corrected chi connectivity index (χ2v) is 2.24. The predicted molar refractivity (Wildman–Crippen MR) is 29.5 cm³/mol. The van der Waals surface area contributed by atoms with E-state index in [2.05, 4.69) is 15.5 Å². The van der Waals surface area contributed by atoms with Crippen molar-refractivity contribution in [3.05, 3.63) is 5.82 Å². The van der Waals surface area contributed by atoms with Crippen LogP contribution in [0.5, 0.6) is 0 Å². The molecule has 2 N–H and O–H groups in total. The topological polar surface area (TPSA) is 69.6 Å². The number of aromatic nitrogens is 4. The zero-order valence-corrected chi connectivity index (χ0v) is 4.86. The lowest BCUT2D eigenvalue weighted by Crippen LogP contribution is -2.21. The molecular formula is C4H7N5. The van der Waals surface area contributed by atoms with Gasteiger partial charge in [-0.15, -0.1) is 5.10 Å². The van der Waals surface area contributed by atoms with E-state index in [-0.39, 0.29) is 6.04 Å². The maximum absolute atomic E-state index is 5.60. The molecule has 0 spiro atoms. The zero-order valence-electron chi connectivity index (χ0n) is 4.86. The highest BCUT2D eigenvalue weighted by molar-refractivity contribution is 4.92. The van der Waals surface area contributed by atoms with Gasteiger partial charge in [0.15, 0.2) is 5.82 Å². The van der Waals surface area contributed by atoms with E-state index in [4.69, 9.17) is 5.73 Å². The Kier molecular flexibility index (Phi) is 0.814. The van der Waals surface area contributed by atoms with E-state index in [1.165, 1.54) is 0 Å². The Balaban J connectivity index is 2.39. The molecule has 0 radical (unpaired) electrons. The van der Waals surface area contributed by atoms with E-state index in [0.717, 1.165) is 18.8 Å². The second kappa shape index (κ2) is 1.51. The minimum Gasteiger partial charge on any atom is -0.326 e. The maximum Gasteiger partial charge on any atom is 0.152 e. The summed E-state index contributed by atoms with van der Waals surface area (Å²) in [7, 11) is 0. The summed E-state index contributed by atoms with van der Waals surface area (Å²) in [6.45, 7) is 0.766. The molecule has 1 atom stereocenters. The number of hydrogen-bond donors (Lipinski definition) is 1. The summed E-state index contributed by atoms with van der Waals surface area (Å²) in [5.41, 5.74) is 5.60. The first-order chi connectivity index (χ1) is 4.36. The van der Waals surface area contributed by atoms with Crippen LogP contribution in [0, 0.1) is 0 Å². The van der Waals surface area contributed by atoms with E-state index in [9.17, 15) is 0 Å². The van der Waals surface area contributed by atoms with Crippen LogP contribution >= 0.6 is 0 Å². The predicted octanol–water partition coefficient (Wildman–Crippen LogP) is -1.44. The van der Waals surface area contributed by atoms with Gasteiger partial charge in [-0.05, 0) is 10.4 Å². The molecule has 1 unspecified atom stereocenters. The van der Waals surface area contributed by atoms with Gasteiger partial charge in [-0.3, -0.25) is 0 Å². The van der Waals surface area contributed by atoms with Crippen LogP contribution in [0.1, 0.15) is 5.82 Å². The number of fused-ring (bicyclic) bond motifs is 1. The summed E-state index contributed by atoms with van der Waals surface area (Å²) in [6, 6.07) is 0.197. The van der Waals surface area contributed by atoms with Gasteiger partial charge in [0.05, 0.1) is 6.54 Å². The molecule has 5 heteroatoms. The molecule has 2 rings (SSSR count). The van der Waals surface area contributed by atoms with E-state index in [1.807, 2.05) is 0 Å². The molecule has 0 saturated heterocycles. The maximum atomic E-state index is 5.60. The fourth-order valence-corrected chi connectivity index (χ4v) is 1.03. The monoisotopic (exact) mass is 125 g/mol. The van der Waals surface area contributed by atoms with Gasteiger partial charge in [0.25, 0.3) is 0 Å². The lowest BCUT2D eigenvalue weighted by atomic mass is 10.3. The molecule has 1 aromatic heterocycles. The number of hydrogen-bond acceptors (Lipinski definition) is 4. The lowest BCUT2D eigenvalue weighted by molar-refractivity contribution is 0.565. The first-order valence-corrected chi connectivity index (χ1v) is 2.87. The quantitative estimate of drug-likeness (QED) is 0.461. The minimum absolute atomic E-state index is 0.197. The van der Waals surface area contributed by atoms with Gasteiger partial charge in [0.1, 0.15) is 0 Å². The van der Waals surface area contributed by atoms with E-state index in [0.29, 0.717) is 0 Å². The van der Waals surface area contributed by atoms with Gasteiger partial charge < -0.3 is 5.73 Å². The summed E-state index contributed by atoms with van der Waals surface area (Å²) in [5, 5.41) is 11.0. The van der Waals surface area contributed by atoms with Crippen LogP contribution in [0.15, 0.2) is 0 Å². The second-order valence-electron chi connectivity index (χ2n) is 2.24. The lowest BCUT2D eigenvalue weighted by Gasteiger charge is -1.94. The standard InChI is InChI=1S/C4H7N5/c5-3-1-4-6-7-8-9(4)2-3/h3H,1-2,5H2. The Morgan fingerprint density at radius 3 is 3.33 bits per heavy atom. The third-order valence-corrected chi connectivity index (χ3v) is 1.46. The van der Waals surface area contributed by atoms with Crippen molar-refractivity contribution >= 4 is 0 Å². The molecule has 48 valence electrons. The fraction of sp³-hybridized carbons (Fsp3) is 0.750. The van der Waals surface area contributed by atoms with E-state index in [1.54, 1.807) is 4.68 Å². The first kappa shape index (κ1) is 4.87. The van der Waals surface area contributed by atoms with Crippen molar-refractivity contribution < 1.29 is 0 Å². The third kappa shape index (κ3) is 0.613. The molecule has 1 aliphatic heterocycles. The Morgan fingerprint density at radius 1 is 1.67 bits per heavy atom. The van der Waals surface area contributed by atoms with E-state index >= 15 is 0 Å². The van der Waals surface area contributed by atoms with Gasteiger partial charge in [-0.25, -0.2) is 4.68 Å². The molecule has 1 aliphatic rings. The summed E-state index contributed by atoms with van der Waals surface area (Å²) in [5.74, 6) is 0.905. The first-order valence-electron chi connectivity index (χ1n) is 2.87. The van der Waals surface area contributed by atoms with Crippen molar-refractivity contribution in [3.63, 3.8) is 0 Å². The van der Waals surface area contributed by atoms with Crippen molar-refractivity contribution in [2.24, 2.45) is 5.73 Å². The molecule has 5 nitrogen and oxygen atoms in total. The Bertz CT molecular complexity index is 196. The van der Waals surface area contributed by atoms with Crippen molar-refractivity contribution in [2.75, 3.05) is 0 Å². The van der Waals surface area contributed by atoms with Crippen LogP contribution in [0.4, 0.5) is 0 Å². The summed E-state index contributed by atoms with van der Waals surface area (Å²) in [6.07, 6.45) is 0.812. The molecule has 9 heavy (non-hydrogen) atoms. The van der Waals surface area contributed by atoms with Crippen molar-refractivity contribution in [1.82, 2.24) is 20.2 Å². The van der Waals surface area contributed by atoms with Crippen LogP contribution in [0.3, 0.4) is 0 Å². The number of nitrogens with zero attached hydrogens (tertiary/aromatic N) is 4. The van der Waals surface area contributed by atoms with E-state index < -0.39 is 0 Å². The van der Waals surface area contributed by atoms with Crippen LogP contribution in [0.2, 0.25) is 0 Å². The highest BCUT2D eigenvalue weighted by atomic mass is 15.5. The molecule has 0 saturated carbocycles. The highest BCUT2D eigenvalue weighted by Gasteiger charge is 2.19. The summed E-state index contributed by atoms with van der Waals surface area (Å²) < 4.78 is 1.74. The number of tetrazole rings is 1.